The fourth-order valence-electron chi connectivity index (χ4n) is 2.11. The molecule has 74 valence electrons. The van der Waals surface area contributed by atoms with Crippen molar-refractivity contribution in [3.63, 3.8) is 0 Å². The summed E-state index contributed by atoms with van der Waals surface area (Å²) in [6.45, 7) is 0. The Balaban J connectivity index is 2.28. The molecule has 0 fully saturated rings. The molecule has 1 aliphatic carbocycles. The van der Waals surface area contributed by atoms with Crippen LogP contribution in [-0.2, 0) is 6.42 Å². The van der Waals surface area contributed by atoms with Gasteiger partial charge in [0.05, 0.1) is 0 Å². The molecule has 0 saturated heterocycles. The minimum absolute atomic E-state index is 0.779. The molecule has 1 aliphatic rings. The first-order valence-electron chi connectivity index (χ1n) is 4.81. The Hall–Kier alpha value is -0.980. The standard InChI is InChI=1S/C13H8Cl2/c14-10-3-1-8-5-9-2-4-11(15)7-13(9)12(8)6-10/h1-4,6-7H,5H2. The Labute approximate surface area is 98.5 Å². The monoisotopic (exact) mass is 234 g/mol. The molecular weight excluding hydrogens is 227 g/mol. The molecule has 0 aliphatic heterocycles. The van der Waals surface area contributed by atoms with Crippen LogP contribution in [0.3, 0.4) is 0 Å². The fourth-order valence-corrected chi connectivity index (χ4v) is 2.46. The summed E-state index contributed by atoms with van der Waals surface area (Å²) < 4.78 is 0. The van der Waals surface area contributed by atoms with Crippen LogP contribution in [0.5, 0.6) is 0 Å². The van der Waals surface area contributed by atoms with Crippen molar-refractivity contribution < 1.29 is 0 Å². The van der Waals surface area contributed by atoms with E-state index in [0.717, 1.165) is 16.5 Å². The van der Waals surface area contributed by atoms with Crippen LogP contribution in [0.25, 0.3) is 11.1 Å². The summed E-state index contributed by atoms with van der Waals surface area (Å²) >= 11 is 12.0. The summed E-state index contributed by atoms with van der Waals surface area (Å²) in [4.78, 5) is 0. The third-order valence-corrected chi connectivity index (χ3v) is 3.29. The van der Waals surface area contributed by atoms with E-state index in [1.165, 1.54) is 22.3 Å². The number of halogens is 2. The zero-order valence-electron chi connectivity index (χ0n) is 7.93. The quantitative estimate of drug-likeness (QED) is 0.535. The lowest BCUT2D eigenvalue weighted by atomic mass is 10.1. The van der Waals surface area contributed by atoms with Gasteiger partial charge in [-0.3, -0.25) is 0 Å². The number of fused-ring (bicyclic) bond motifs is 3. The van der Waals surface area contributed by atoms with Crippen LogP contribution in [0.1, 0.15) is 11.1 Å². The average molecular weight is 235 g/mol. The van der Waals surface area contributed by atoms with Crippen LogP contribution in [-0.4, -0.2) is 0 Å². The molecule has 0 unspecified atom stereocenters. The van der Waals surface area contributed by atoms with Crippen molar-refractivity contribution in [3.8, 4) is 11.1 Å². The van der Waals surface area contributed by atoms with Crippen molar-refractivity contribution in [1.29, 1.82) is 0 Å². The smallest absolute Gasteiger partial charge is 0.0412 e. The van der Waals surface area contributed by atoms with Gasteiger partial charge in [0.2, 0.25) is 0 Å². The van der Waals surface area contributed by atoms with Crippen molar-refractivity contribution in [2.75, 3.05) is 0 Å². The van der Waals surface area contributed by atoms with Gasteiger partial charge in [-0.1, -0.05) is 35.3 Å². The molecule has 0 saturated carbocycles. The molecule has 15 heavy (non-hydrogen) atoms. The number of hydrogen-bond acceptors (Lipinski definition) is 0. The largest absolute Gasteiger partial charge is 0.0843 e. The zero-order chi connectivity index (χ0) is 10.4. The summed E-state index contributed by atoms with van der Waals surface area (Å²) in [6.07, 6.45) is 0.985. The van der Waals surface area contributed by atoms with Crippen LogP contribution < -0.4 is 0 Å². The van der Waals surface area contributed by atoms with E-state index in [0.29, 0.717) is 0 Å². The average Bonchev–Trinajstić information content (AvgIpc) is 2.56. The highest BCUT2D eigenvalue weighted by Crippen LogP contribution is 2.39. The van der Waals surface area contributed by atoms with Crippen LogP contribution >= 0.6 is 23.2 Å². The van der Waals surface area contributed by atoms with Crippen LogP contribution in [0.2, 0.25) is 10.0 Å². The van der Waals surface area contributed by atoms with Gasteiger partial charge in [-0.15, -0.1) is 0 Å². The van der Waals surface area contributed by atoms with Gasteiger partial charge in [-0.2, -0.15) is 0 Å². The predicted octanol–water partition coefficient (Wildman–Crippen LogP) is 4.56. The second-order valence-corrected chi connectivity index (χ2v) is 4.65. The van der Waals surface area contributed by atoms with E-state index in [1.54, 1.807) is 0 Å². The van der Waals surface area contributed by atoms with Crippen molar-refractivity contribution >= 4 is 23.2 Å². The van der Waals surface area contributed by atoms with E-state index < -0.39 is 0 Å². The third kappa shape index (κ3) is 1.45. The maximum atomic E-state index is 6.00. The van der Waals surface area contributed by atoms with E-state index in [9.17, 15) is 0 Å². The molecular formula is C13H8Cl2. The van der Waals surface area contributed by atoms with Gasteiger partial charge >= 0.3 is 0 Å². The predicted molar refractivity (Wildman–Crippen MR) is 64.7 cm³/mol. The summed E-state index contributed by atoms with van der Waals surface area (Å²) in [6, 6.07) is 12.1. The minimum Gasteiger partial charge on any atom is -0.0843 e. The summed E-state index contributed by atoms with van der Waals surface area (Å²) in [5.41, 5.74) is 5.10. The number of benzene rings is 2. The van der Waals surface area contributed by atoms with Crippen LogP contribution in [0, 0.1) is 0 Å². The molecule has 0 aromatic heterocycles. The van der Waals surface area contributed by atoms with Gasteiger partial charge in [0, 0.05) is 10.0 Å². The molecule has 2 aromatic carbocycles. The molecule has 0 radical (unpaired) electrons. The normalized spacial score (nSPS) is 12.4. The van der Waals surface area contributed by atoms with E-state index >= 15 is 0 Å². The van der Waals surface area contributed by atoms with Gasteiger partial charge in [-0.25, -0.2) is 0 Å². The second-order valence-electron chi connectivity index (χ2n) is 3.78. The highest BCUT2D eigenvalue weighted by atomic mass is 35.5. The highest BCUT2D eigenvalue weighted by Gasteiger charge is 2.18. The van der Waals surface area contributed by atoms with Crippen molar-refractivity contribution in [2.45, 2.75) is 6.42 Å². The van der Waals surface area contributed by atoms with Gasteiger partial charge in [-0.05, 0) is 52.9 Å². The molecule has 0 spiro atoms. The van der Waals surface area contributed by atoms with E-state index in [2.05, 4.69) is 12.1 Å². The lowest BCUT2D eigenvalue weighted by Crippen LogP contribution is -1.78. The molecule has 3 rings (SSSR count). The zero-order valence-corrected chi connectivity index (χ0v) is 9.44. The van der Waals surface area contributed by atoms with Crippen molar-refractivity contribution in [3.05, 3.63) is 57.6 Å². The summed E-state index contributed by atoms with van der Waals surface area (Å²) in [5, 5.41) is 1.56. The maximum Gasteiger partial charge on any atom is 0.0412 e. The maximum absolute atomic E-state index is 6.00. The Morgan fingerprint density at radius 1 is 0.733 bits per heavy atom. The van der Waals surface area contributed by atoms with Crippen molar-refractivity contribution in [2.24, 2.45) is 0 Å². The highest BCUT2D eigenvalue weighted by molar-refractivity contribution is 6.31. The Morgan fingerprint density at radius 2 is 1.20 bits per heavy atom. The Kier molecular flexibility index (Phi) is 2.01. The molecule has 2 heteroatoms. The van der Waals surface area contributed by atoms with Gasteiger partial charge in [0.25, 0.3) is 0 Å². The molecule has 0 bridgehead atoms. The number of hydrogen-bond donors (Lipinski definition) is 0. The van der Waals surface area contributed by atoms with Gasteiger partial charge < -0.3 is 0 Å². The topological polar surface area (TPSA) is 0 Å². The van der Waals surface area contributed by atoms with E-state index in [-0.39, 0.29) is 0 Å². The van der Waals surface area contributed by atoms with Crippen LogP contribution in [0.4, 0.5) is 0 Å². The molecule has 2 aromatic rings. The minimum atomic E-state index is 0.779. The second kappa shape index (κ2) is 3.26. The van der Waals surface area contributed by atoms with Gasteiger partial charge in [0.1, 0.15) is 0 Å². The molecule has 0 amide bonds. The fraction of sp³-hybridized carbons (Fsp3) is 0.0769. The van der Waals surface area contributed by atoms with E-state index in [4.69, 9.17) is 23.2 Å². The Bertz CT molecular complexity index is 495. The molecule has 0 heterocycles. The molecule has 0 nitrogen and oxygen atoms in total. The third-order valence-electron chi connectivity index (χ3n) is 2.81. The Morgan fingerprint density at radius 3 is 1.67 bits per heavy atom. The first-order valence-corrected chi connectivity index (χ1v) is 5.57. The molecule has 0 atom stereocenters. The first-order chi connectivity index (χ1) is 7.24. The number of rotatable bonds is 0. The SMILES string of the molecule is Clc1ccc2c(c1)-c1cc(Cl)ccc1C2. The first kappa shape index (κ1) is 9.26. The van der Waals surface area contributed by atoms with E-state index in [1.807, 2.05) is 24.3 Å². The summed E-state index contributed by atoms with van der Waals surface area (Å²) in [5.74, 6) is 0. The lowest BCUT2D eigenvalue weighted by molar-refractivity contribution is 1.26. The van der Waals surface area contributed by atoms with Gasteiger partial charge in [0.15, 0.2) is 0 Å². The lowest BCUT2D eigenvalue weighted by Gasteiger charge is -2.01. The summed E-state index contributed by atoms with van der Waals surface area (Å²) in [7, 11) is 0. The van der Waals surface area contributed by atoms with Crippen LogP contribution in [0.15, 0.2) is 36.4 Å². The van der Waals surface area contributed by atoms with Crippen molar-refractivity contribution in [1.82, 2.24) is 0 Å². The molecule has 0 N–H and O–H groups in total.